The lowest BCUT2D eigenvalue weighted by atomic mass is 9.77. The van der Waals surface area contributed by atoms with Gasteiger partial charge in [-0.3, -0.25) is 0 Å². The number of hydrogen-bond acceptors (Lipinski definition) is 2. The van der Waals surface area contributed by atoms with Crippen LogP contribution in [0.1, 0.15) is 36.4 Å². The molecular weight excluding hydrogens is 222 g/mol. The smallest absolute Gasteiger partial charge is 0.121 e. The van der Waals surface area contributed by atoms with Gasteiger partial charge in [-0.25, -0.2) is 0 Å². The fraction of sp³-hybridized carbons (Fsp3) is 0.538. The Hall–Kier alpha value is -0.730. The van der Waals surface area contributed by atoms with E-state index in [9.17, 15) is 0 Å². The summed E-state index contributed by atoms with van der Waals surface area (Å²) >= 11 is 0. The highest BCUT2D eigenvalue weighted by Gasteiger charge is 2.25. The molecule has 0 amide bonds. The summed E-state index contributed by atoms with van der Waals surface area (Å²) in [5.74, 6) is 1.64. The third-order valence-corrected chi connectivity index (χ3v) is 3.46. The van der Waals surface area contributed by atoms with Gasteiger partial charge in [0.1, 0.15) is 5.75 Å². The Labute approximate surface area is 104 Å². The molecule has 90 valence electrons. The second-order valence-corrected chi connectivity index (χ2v) is 4.45. The number of methoxy groups -OCH3 is 1. The highest BCUT2D eigenvalue weighted by atomic mass is 35.5. The normalized spacial score (nSPS) is 17.2. The monoisotopic (exact) mass is 241 g/mol. The molecule has 0 bridgehead atoms. The molecule has 0 heterocycles. The largest absolute Gasteiger partial charge is 0.496 e. The Bertz CT molecular complexity index is 350. The quantitative estimate of drug-likeness (QED) is 0.882. The van der Waals surface area contributed by atoms with Gasteiger partial charge in [-0.2, -0.15) is 0 Å². The number of ether oxygens (including phenoxy) is 1. The number of halogens is 1. The van der Waals surface area contributed by atoms with Crippen molar-refractivity contribution in [2.24, 2.45) is 11.7 Å². The predicted molar refractivity (Wildman–Crippen MR) is 69.2 cm³/mol. The Balaban J connectivity index is 0.00000128. The molecule has 3 heteroatoms. The number of nitrogens with two attached hydrogens (primary N) is 1. The van der Waals surface area contributed by atoms with Crippen LogP contribution in [0.5, 0.6) is 5.75 Å². The van der Waals surface area contributed by atoms with Crippen LogP contribution in [-0.2, 0) is 0 Å². The van der Waals surface area contributed by atoms with Crippen molar-refractivity contribution in [3.05, 3.63) is 29.3 Å². The summed E-state index contributed by atoms with van der Waals surface area (Å²) in [5, 5.41) is 0. The minimum atomic E-state index is 0. The average molecular weight is 242 g/mol. The summed E-state index contributed by atoms with van der Waals surface area (Å²) in [6, 6.07) is 6.48. The number of rotatable bonds is 3. The van der Waals surface area contributed by atoms with Gasteiger partial charge >= 0.3 is 0 Å². The lowest BCUT2D eigenvalue weighted by Crippen LogP contribution is -2.26. The average Bonchev–Trinajstić information content (AvgIpc) is 2.15. The first-order valence-corrected chi connectivity index (χ1v) is 5.62. The maximum atomic E-state index is 6.22. The van der Waals surface area contributed by atoms with E-state index in [2.05, 4.69) is 19.1 Å². The van der Waals surface area contributed by atoms with E-state index >= 15 is 0 Å². The molecule has 1 aliphatic rings. The van der Waals surface area contributed by atoms with Gasteiger partial charge in [0, 0.05) is 6.04 Å². The van der Waals surface area contributed by atoms with Crippen molar-refractivity contribution in [3.63, 3.8) is 0 Å². The minimum Gasteiger partial charge on any atom is -0.496 e. The van der Waals surface area contributed by atoms with Crippen LogP contribution >= 0.6 is 12.4 Å². The van der Waals surface area contributed by atoms with Gasteiger partial charge in [0.05, 0.1) is 7.11 Å². The summed E-state index contributed by atoms with van der Waals surface area (Å²) in [4.78, 5) is 0. The van der Waals surface area contributed by atoms with E-state index < -0.39 is 0 Å². The number of benzene rings is 1. The standard InChI is InChI=1S/C13H19NO.ClH/c1-9-8-11(6-7-12(9)15-2)13(14)10-4-3-5-10;/h6-8,10,13H,3-5,14H2,1-2H3;1H/t13-;/m0./s1. The van der Waals surface area contributed by atoms with Crippen molar-refractivity contribution in [2.45, 2.75) is 32.2 Å². The van der Waals surface area contributed by atoms with Crippen molar-refractivity contribution in [2.75, 3.05) is 7.11 Å². The molecule has 16 heavy (non-hydrogen) atoms. The van der Waals surface area contributed by atoms with Gasteiger partial charge in [0.25, 0.3) is 0 Å². The van der Waals surface area contributed by atoms with Crippen molar-refractivity contribution < 1.29 is 4.74 Å². The molecule has 1 aliphatic carbocycles. The third-order valence-electron chi connectivity index (χ3n) is 3.46. The Kier molecular flexibility index (Phi) is 4.63. The van der Waals surface area contributed by atoms with Crippen molar-refractivity contribution in [1.29, 1.82) is 0 Å². The van der Waals surface area contributed by atoms with Crippen LogP contribution in [0.4, 0.5) is 0 Å². The molecule has 0 saturated heterocycles. The molecular formula is C13H20ClNO. The van der Waals surface area contributed by atoms with E-state index in [4.69, 9.17) is 10.5 Å². The molecule has 2 N–H and O–H groups in total. The topological polar surface area (TPSA) is 35.2 Å². The van der Waals surface area contributed by atoms with Gasteiger partial charge in [0.15, 0.2) is 0 Å². The van der Waals surface area contributed by atoms with Gasteiger partial charge < -0.3 is 10.5 Å². The molecule has 0 aromatic heterocycles. The lowest BCUT2D eigenvalue weighted by Gasteiger charge is -2.31. The van der Waals surface area contributed by atoms with Gasteiger partial charge in [-0.15, -0.1) is 12.4 Å². The SMILES string of the molecule is COc1ccc([C@@H](N)C2CCC2)cc1C.Cl. The van der Waals surface area contributed by atoms with E-state index in [1.54, 1.807) is 7.11 Å². The van der Waals surface area contributed by atoms with Crippen LogP contribution in [0.15, 0.2) is 18.2 Å². The van der Waals surface area contributed by atoms with Crippen LogP contribution in [0, 0.1) is 12.8 Å². The minimum absolute atomic E-state index is 0. The van der Waals surface area contributed by atoms with E-state index in [-0.39, 0.29) is 18.4 Å². The molecule has 1 aromatic rings. The first-order chi connectivity index (χ1) is 7.22. The molecule has 2 nitrogen and oxygen atoms in total. The van der Waals surface area contributed by atoms with E-state index in [1.165, 1.54) is 30.4 Å². The van der Waals surface area contributed by atoms with Gasteiger partial charge in [-0.1, -0.05) is 18.6 Å². The Morgan fingerprint density at radius 1 is 1.38 bits per heavy atom. The molecule has 1 saturated carbocycles. The van der Waals surface area contributed by atoms with Crippen LogP contribution in [0.3, 0.4) is 0 Å². The van der Waals surface area contributed by atoms with Crippen LogP contribution < -0.4 is 10.5 Å². The highest BCUT2D eigenvalue weighted by Crippen LogP contribution is 2.36. The zero-order valence-corrected chi connectivity index (χ0v) is 10.7. The summed E-state index contributed by atoms with van der Waals surface area (Å²) in [6.07, 6.45) is 3.91. The van der Waals surface area contributed by atoms with Crippen molar-refractivity contribution in [1.82, 2.24) is 0 Å². The highest BCUT2D eigenvalue weighted by molar-refractivity contribution is 5.85. The van der Waals surface area contributed by atoms with Crippen molar-refractivity contribution >= 4 is 12.4 Å². The molecule has 2 rings (SSSR count). The Morgan fingerprint density at radius 2 is 2.06 bits per heavy atom. The van der Waals surface area contributed by atoms with Crippen molar-refractivity contribution in [3.8, 4) is 5.75 Å². The zero-order chi connectivity index (χ0) is 10.8. The summed E-state index contributed by atoms with van der Waals surface area (Å²) in [7, 11) is 1.70. The number of aryl methyl sites for hydroxylation is 1. The summed E-state index contributed by atoms with van der Waals surface area (Å²) in [6.45, 7) is 2.07. The van der Waals surface area contributed by atoms with E-state index in [0.717, 1.165) is 5.75 Å². The number of hydrogen-bond donors (Lipinski definition) is 1. The predicted octanol–water partition coefficient (Wildman–Crippen LogP) is 3.23. The Morgan fingerprint density at radius 3 is 2.50 bits per heavy atom. The van der Waals surface area contributed by atoms with Gasteiger partial charge in [0.2, 0.25) is 0 Å². The molecule has 0 aliphatic heterocycles. The second kappa shape index (κ2) is 5.55. The van der Waals surface area contributed by atoms with E-state index in [0.29, 0.717) is 5.92 Å². The van der Waals surface area contributed by atoms with Crippen LogP contribution in [-0.4, -0.2) is 7.11 Å². The summed E-state index contributed by atoms with van der Waals surface area (Å²) in [5.41, 5.74) is 8.64. The fourth-order valence-electron chi connectivity index (χ4n) is 2.18. The van der Waals surface area contributed by atoms with Crippen LogP contribution in [0.2, 0.25) is 0 Å². The van der Waals surface area contributed by atoms with Crippen LogP contribution in [0.25, 0.3) is 0 Å². The molecule has 0 unspecified atom stereocenters. The molecule has 0 spiro atoms. The molecule has 1 fully saturated rings. The first-order valence-electron chi connectivity index (χ1n) is 5.62. The fourth-order valence-corrected chi connectivity index (χ4v) is 2.18. The maximum Gasteiger partial charge on any atom is 0.121 e. The molecule has 1 aromatic carbocycles. The maximum absolute atomic E-state index is 6.22. The van der Waals surface area contributed by atoms with Gasteiger partial charge in [-0.05, 0) is 42.9 Å². The second-order valence-electron chi connectivity index (χ2n) is 4.45. The molecule has 1 atom stereocenters. The zero-order valence-electron chi connectivity index (χ0n) is 9.90. The third kappa shape index (κ3) is 2.50. The lowest BCUT2D eigenvalue weighted by molar-refractivity contribution is 0.264. The summed E-state index contributed by atoms with van der Waals surface area (Å²) < 4.78 is 5.24. The molecule has 0 radical (unpaired) electrons. The van der Waals surface area contributed by atoms with E-state index in [1.807, 2.05) is 6.07 Å². The first kappa shape index (κ1) is 13.3.